The second kappa shape index (κ2) is 7.31. The van der Waals surface area contributed by atoms with Crippen molar-refractivity contribution >= 4 is 29.1 Å². The first-order valence-corrected chi connectivity index (χ1v) is 8.00. The predicted octanol–water partition coefficient (Wildman–Crippen LogP) is 1.92. The molecule has 1 aliphatic heterocycles. The number of carbonyl (C=O) groups is 2. The van der Waals surface area contributed by atoms with Crippen LogP contribution in [0.3, 0.4) is 0 Å². The van der Waals surface area contributed by atoms with Crippen LogP contribution >= 0.6 is 11.6 Å². The number of aromatic nitrogens is 1. The molecule has 7 heteroatoms. The van der Waals surface area contributed by atoms with Gasteiger partial charge in [-0.1, -0.05) is 23.7 Å². The van der Waals surface area contributed by atoms with Gasteiger partial charge < -0.3 is 15.5 Å². The van der Waals surface area contributed by atoms with Crippen molar-refractivity contribution in [1.82, 2.24) is 15.2 Å². The molecule has 0 atom stereocenters. The normalized spacial score (nSPS) is 14.2. The highest BCUT2D eigenvalue weighted by Crippen LogP contribution is 2.14. The Bertz CT molecular complexity index is 749. The van der Waals surface area contributed by atoms with Gasteiger partial charge in [0, 0.05) is 37.1 Å². The van der Waals surface area contributed by atoms with Gasteiger partial charge in [0.25, 0.3) is 5.91 Å². The molecule has 2 amide bonds. The van der Waals surface area contributed by atoms with Gasteiger partial charge in [0.15, 0.2) is 0 Å². The zero-order valence-electron chi connectivity index (χ0n) is 13.0. The van der Waals surface area contributed by atoms with Crippen LogP contribution in [0.4, 0.5) is 5.69 Å². The quantitative estimate of drug-likeness (QED) is 0.831. The van der Waals surface area contributed by atoms with Crippen LogP contribution in [0.15, 0.2) is 42.6 Å². The van der Waals surface area contributed by atoms with E-state index in [1.807, 2.05) is 18.2 Å². The number of carbonyl (C=O) groups excluding carboxylic acids is 2. The van der Waals surface area contributed by atoms with Crippen molar-refractivity contribution < 1.29 is 9.59 Å². The van der Waals surface area contributed by atoms with Gasteiger partial charge in [-0.05, 0) is 29.8 Å². The summed E-state index contributed by atoms with van der Waals surface area (Å²) in [5, 5.41) is 6.39. The number of halogens is 1. The average molecular weight is 345 g/mol. The fourth-order valence-electron chi connectivity index (χ4n) is 2.48. The third-order valence-electron chi connectivity index (χ3n) is 3.75. The average Bonchev–Trinajstić information content (AvgIpc) is 2.60. The molecule has 1 aromatic carbocycles. The van der Waals surface area contributed by atoms with Gasteiger partial charge in [-0.3, -0.25) is 9.59 Å². The fraction of sp³-hybridized carbons (Fsp3) is 0.235. The van der Waals surface area contributed by atoms with Crippen LogP contribution in [0.5, 0.6) is 0 Å². The summed E-state index contributed by atoms with van der Waals surface area (Å²) in [4.78, 5) is 29.3. The highest BCUT2D eigenvalue weighted by molar-refractivity contribution is 6.29. The Hall–Kier alpha value is -2.60. The first-order valence-electron chi connectivity index (χ1n) is 7.62. The Kier molecular flexibility index (Phi) is 4.96. The maximum Gasteiger partial charge on any atom is 0.254 e. The largest absolute Gasteiger partial charge is 0.381 e. The van der Waals surface area contributed by atoms with Crippen LogP contribution in [0.1, 0.15) is 15.9 Å². The molecule has 0 saturated carbocycles. The SMILES string of the molecule is O=C1CN(C(=O)c2ccc(CNc3ccnc(Cl)c3)cc2)CCN1. The monoisotopic (exact) mass is 344 g/mol. The molecule has 1 saturated heterocycles. The minimum atomic E-state index is -0.120. The molecule has 0 aliphatic carbocycles. The Morgan fingerprint density at radius 3 is 2.79 bits per heavy atom. The smallest absolute Gasteiger partial charge is 0.254 e. The number of anilines is 1. The van der Waals surface area contributed by atoms with Gasteiger partial charge >= 0.3 is 0 Å². The zero-order valence-corrected chi connectivity index (χ0v) is 13.7. The molecule has 2 heterocycles. The first-order chi connectivity index (χ1) is 11.6. The van der Waals surface area contributed by atoms with Gasteiger partial charge in [-0.15, -0.1) is 0 Å². The number of nitrogens with zero attached hydrogens (tertiary/aromatic N) is 2. The van der Waals surface area contributed by atoms with Gasteiger partial charge in [-0.25, -0.2) is 4.98 Å². The summed E-state index contributed by atoms with van der Waals surface area (Å²) in [6.45, 7) is 1.77. The summed E-state index contributed by atoms with van der Waals surface area (Å²) in [5.41, 5.74) is 2.51. The molecule has 1 aromatic heterocycles. The number of amides is 2. The van der Waals surface area contributed by atoms with E-state index in [0.29, 0.717) is 30.4 Å². The summed E-state index contributed by atoms with van der Waals surface area (Å²) < 4.78 is 0. The summed E-state index contributed by atoms with van der Waals surface area (Å²) in [6, 6.07) is 10.9. The molecule has 3 rings (SSSR count). The van der Waals surface area contributed by atoms with E-state index < -0.39 is 0 Å². The van der Waals surface area contributed by atoms with E-state index in [9.17, 15) is 9.59 Å². The second-order valence-electron chi connectivity index (χ2n) is 5.49. The van der Waals surface area contributed by atoms with Crippen molar-refractivity contribution in [2.75, 3.05) is 25.0 Å². The summed E-state index contributed by atoms with van der Waals surface area (Å²) in [6.07, 6.45) is 1.64. The number of pyridine rings is 1. The number of hydrogen-bond donors (Lipinski definition) is 2. The van der Waals surface area contributed by atoms with Crippen molar-refractivity contribution in [3.63, 3.8) is 0 Å². The van der Waals surface area contributed by atoms with Crippen molar-refractivity contribution in [2.24, 2.45) is 0 Å². The van der Waals surface area contributed by atoms with Crippen molar-refractivity contribution in [1.29, 1.82) is 0 Å². The Labute approximate surface area is 144 Å². The van der Waals surface area contributed by atoms with E-state index in [1.165, 1.54) is 0 Å². The maximum atomic E-state index is 12.4. The van der Waals surface area contributed by atoms with E-state index >= 15 is 0 Å². The van der Waals surface area contributed by atoms with Crippen LogP contribution in [-0.4, -0.2) is 41.3 Å². The van der Waals surface area contributed by atoms with Crippen molar-refractivity contribution in [2.45, 2.75) is 6.54 Å². The first kappa shape index (κ1) is 16.3. The van der Waals surface area contributed by atoms with Gasteiger partial charge in [0.05, 0.1) is 6.54 Å². The number of nitrogens with one attached hydrogen (secondary N) is 2. The molecule has 124 valence electrons. The lowest BCUT2D eigenvalue weighted by atomic mass is 10.1. The van der Waals surface area contributed by atoms with E-state index in [-0.39, 0.29) is 18.4 Å². The second-order valence-corrected chi connectivity index (χ2v) is 5.88. The standard InChI is InChI=1S/C17H17ClN4O2/c18-15-9-14(5-6-19-15)21-10-12-1-3-13(4-2-12)17(24)22-8-7-20-16(23)11-22/h1-6,9H,7-8,10-11H2,(H,19,21)(H,20,23). The molecular weight excluding hydrogens is 328 g/mol. The van der Waals surface area contributed by atoms with E-state index in [0.717, 1.165) is 11.3 Å². The van der Waals surface area contributed by atoms with E-state index in [1.54, 1.807) is 29.3 Å². The van der Waals surface area contributed by atoms with Crippen LogP contribution in [0.2, 0.25) is 5.15 Å². The molecule has 1 fully saturated rings. The lowest BCUT2D eigenvalue weighted by Gasteiger charge is -2.26. The number of piperazine rings is 1. The molecule has 0 spiro atoms. The lowest BCUT2D eigenvalue weighted by Crippen LogP contribution is -2.49. The van der Waals surface area contributed by atoms with Crippen molar-refractivity contribution in [3.8, 4) is 0 Å². The Morgan fingerprint density at radius 2 is 2.08 bits per heavy atom. The molecular formula is C17H17ClN4O2. The zero-order chi connectivity index (χ0) is 16.9. The highest BCUT2D eigenvalue weighted by atomic mass is 35.5. The number of hydrogen-bond acceptors (Lipinski definition) is 4. The molecule has 1 aliphatic rings. The van der Waals surface area contributed by atoms with Gasteiger partial charge in [0.1, 0.15) is 5.15 Å². The van der Waals surface area contributed by atoms with E-state index in [2.05, 4.69) is 15.6 Å². The third-order valence-corrected chi connectivity index (χ3v) is 3.96. The van der Waals surface area contributed by atoms with Gasteiger partial charge in [-0.2, -0.15) is 0 Å². The Morgan fingerprint density at radius 1 is 1.29 bits per heavy atom. The van der Waals surface area contributed by atoms with Crippen LogP contribution in [0.25, 0.3) is 0 Å². The lowest BCUT2D eigenvalue weighted by molar-refractivity contribution is -0.123. The highest BCUT2D eigenvalue weighted by Gasteiger charge is 2.21. The maximum absolute atomic E-state index is 12.4. The van der Waals surface area contributed by atoms with Crippen LogP contribution < -0.4 is 10.6 Å². The molecule has 0 radical (unpaired) electrons. The minimum absolute atomic E-state index is 0.116. The van der Waals surface area contributed by atoms with E-state index in [4.69, 9.17) is 11.6 Å². The molecule has 2 aromatic rings. The molecule has 2 N–H and O–H groups in total. The van der Waals surface area contributed by atoms with Crippen LogP contribution in [-0.2, 0) is 11.3 Å². The van der Waals surface area contributed by atoms with Crippen molar-refractivity contribution in [3.05, 3.63) is 58.9 Å². The number of rotatable bonds is 4. The summed E-state index contributed by atoms with van der Waals surface area (Å²) in [5.74, 6) is -0.239. The topological polar surface area (TPSA) is 74.3 Å². The molecule has 0 unspecified atom stereocenters. The third kappa shape index (κ3) is 4.02. The summed E-state index contributed by atoms with van der Waals surface area (Å²) >= 11 is 5.84. The van der Waals surface area contributed by atoms with Gasteiger partial charge in [0.2, 0.25) is 5.91 Å². The Balaban J connectivity index is 1.60. The predicted molar refractivity (Wildman–Crippen MR) is 91.9 cm³/mol. The molecule has 0 bridgehead atoms. The minimum Gasteiger partial charge on any atom is -0.381 e. The molecule has 24 heavy (non-hydrogen) atoms. The summed E-state index contributed by atoms with van der Waals surface area (Å²) in [7, 11) is 0. The fourth-order valence-corrected chi connectivity index (χ4v) is 2.65. The van der Waals surface area contributed by atoms with Crippen LogP contribution in [0, 0.1) is 0 Å². The molecule has 6 nitrogen and oxygen atoms in total. The number of benzene rings is 1.